The lowest BCUT2D eigenvalue weighted by atomic mass is 10.2. The molecule has 1 aliphatic heterocycles. The van der Waals surface area contributed by atoms with Gasteiger partial charge in [-0.25, -0.2) is 5.43 Å². The van der Waals surface area contributed by atoms with Gasteiger partial charge in [0.1, 0.15) is 5.82 Å². The molecule has 1 aliphatic rings. The van der Waals surface area contributed by atoms with E-state index in [0.717, 1.165) is 13.0 Å². The molecule has 3 heterocycles. The molecule has 0 spiro atoms. The summed E-state index contributed by atoms with van der Waals surface area (Å²) in [5, 5.41) is 4.22. The van der Waals surface area contributed by atoms with Crippen molar-refractivity contribution in [3.05, 3.63) is 17.0 Å². The van der Waals surface area contributed by atoms with Crippen LogP contribution >= 0.6 is 11.3 Å². The highest BCUT2D eigenvalue weighted by Gasteiger charge is 2.18. The average molecular weight is 193 g/mol. The molecule has 0 unspecified atom stereocenters. The van der Waals surface area contributed by atoms with Crippen LogP contribution in [0, 0.1) is 0 Å². The van der Waals surface area contributed by atoms with Gasteiger partial charge in [-0.2, -0.15) is 0 Å². The predicted molar refractivity (Wildman–Crippen MR) is 56.3 cm³/mol. The minimum Gasteiger partial charge on any atom is -0.339 e. The van der Waals surface area contributed by atoms with Crippen molar-refractivity contribution in [2.75, 3.05) is 18.6 Å². The van der Waals surface area contributed by atoms with E-state index in [0.29, 0.717) is 0 Å². The van der Waals surface area contributed by atoms with E-state index in [2.05, 4.69) is 33.9 Å². The van der Waals surface area contributed by atoms with E-state index in [1.54, 1.807) is 0 Å². The lowest BCUT2D eigenvalue weighted by Gasteiger charge is -2.25. The van der Waals surface area contributed by atoms with Gasteiger partial charge in [0.2, 0.25) is 0 Å². The smallest absolute Gasteiger partial charge is 0.125 e. The van der Waals surface area contributed by atoms with E-state index in [1.165, 1.54) is 21.6 Å². The molecule has 0 aliphatic carbocycles. The second-order valence-corrected chi connectivity index (χ2v) is 4.25. The molecule has 2 aromatic heterocycles. The molecule has 68 valence electrons. The summed E-state index contributed by atoms with van der Waals surface area (Å²) in [4.78, 5) is 3.42. The van der Waals surface area contributed by atoms with Crippen molar-refractivity contribution in [3.63, 3.8) is 0 Å². The van der Waals surface area contributed by atoms with Gasteiger partial charge in [-0.15, -0.1) is 11.3 Å². The van der Waals surface area contributed by atoms with E-state index in [-0.39, 0.29) is 0 Å². The van der Waals surface area contributed by atoms with Crippen LogP contribution in [0.5, 0.6) is 0 Å². The first-order chi connectivity index (χ1) is 6.36. The van der Waals surface area contributed by atoms with E-state index in [1.807, 2.05) is 11.3 Å². The molecule has 0 saturated carbocycles. The monoisotopic (exact) mass is 193 g/mol. The standard InChI is InChI=1S/C9H11N3S/c1-12-9-6(2-4-10-12)8-7(11-9)3-5-13-8/h3,5,10-11H,2,4H2,1H3. The highest BCUT2D eigenvalue weighted by molar-refractivity contribution is 7.17. The molecule has 0 amide bonds. The summed E-state index contributed by atoms with van der Waals surface area (Å²) in [6, 6.07) is 2.14. The highest BCUT2D eigenvalue weighted by atomic mass is 32.1. The first-order valence-corrected chi connectivity index (χ1v) is 5.29. The molecule has 3 nitrogen and oxygen atoms in total. The fraction of sp³-hybridized carbons (Fsp3) is 0.333. The van der Waals surface area contributed by atoms with Gasteiger partial charge in [-0.05, 0) is 17.9 Å². The summed E-state index contributed by atoms with van der Waals surface area (Å²) in [6.45, 7) is 1.04. The molecule has 13 heavy (non-hydrogen) atoms. The van der Waals surface area contributed by atoms with Crippen LogP contribution in [0.1, 0.15) is 5.56 Å². The normalized spacial score (nSPS) is 16.5. The fourth-order valence-corrected chi connectivity index (χ4v) is 2.83. The third-order valence-corrected chi connectivity index (χ3v) is 3.51. The molecule has 2 N–H and O–H groups in total. The molecule has 2 aromatic rings. The number of H-pyrrole nitrogens is 1. The zero-order valence-electron chi connectivity index (χ0n) is 7.42. The number of thiophene rings is 1. The number of aromatic amines is 1. The number of hydrazine groups is 1. The number of fused-ring (bicyclic) bond motifs is 3. The van der Waals surface area contributed by atoms with Crippen LogP contribution in [-0.4, -0.2) is 18.6 Å². The third-order valence-electron chi connectivity index (χ3n) is 2.54. The topological polar surface area (TPSA) is 31.1 Å². The minimum atomic E-state index is 1.04. The molecule has 0 aromatic carbocycles. The Morgan fingerprint density at radius 2 is 2.46 bits per heavy atom. The predicted octanol–water partition coefficient (Wildman–Crippen LogP) is 1.73. The van der Waals surface area contributed by atoms with Crippen molar-refractivity contribution < 1.29 is 0 Å². The molecular weight excluding hydrogens is 182 g/mol. The fourth-order valence-electron chi connectivity index (χ4n) is 1.90. The van der Waals surface area contributed by atoms with Crippen LogP contribution in [0.25, 0.3) is 10.2 Å². The molecule has 4 heteroatoms. The number of nitrogens with one attached hydrogen (secondary N) is 2. The van der Waals surface area contributed by atoms with E-state index in [9.17, 15) is 0 Å². The maximum Gasteiger partial charge on any atom is 0.125 e. The number of anilines is 1. The Hall–Kier alpha value is -1.000. The Labute approximate surface area is 80.3 Å². The summed E-state index contributed by atoms with van der Waals surface area (Å²) in [6.07, 6.45) is 1.13. The van der Waals surface area contributed by atoms with Crippen LogP contribution in [-0.2, 0) is 6.42 Å². The maximum absolute atomic E-state index is 3.42. The Balaban J connectivity index is 2.31. The largest absolute Gasteiger partial charge is 0.339 e. The SMILES string of the molecule is CN1NCCc2c1[nH]c1ccsc21. The van der Waals surface area contributed by atoms with Crippen LogP contribution in [0.15, 0.2) is 11.4 Å². The number of hydrogen-bond donors (Lipinski definition) is 2. The number of rotatable bonds is 0. The van der Waals surface area contributed by atoms with Crippen LogP contribution in [0.3, 0.4) is 0 Å². The summed E-state index contributed by atoms with van der Waals surface area (Å²) in [5.74, 6) is 1.23. The summed E-state index contributed by atoms with van der Waals surface area (Å²) >= 11 is 1.82. The second-order valence-electron chi connectivity index (χ2n) is 3.33. The van der Waals surface area contributed by atoms with Crippen molar-refractivity contribution >= 4 is 27.4 Å². The molecule has 0 fully saturated rings. The number of nitrogens with zero attached hydrogens (tertiary/aromatic N) is 1. The quantitative estimate of drug-likeness (QED) is 0.667. The molecular formula is C9H11N3S. The van der Waals surface area contributed by atoms with Gasteiger partial charge in [-0.3, -0.25) is 5.01 Å². The molecule has 0 atom stereocenters. The van der Waals surface area contributed by atoms with Crippen molar-refractivity contribution in [3.8, 4) is 0 Å². The summed E-state index contributed by atoms with van der Waals surface area (Å²) in [7, 11) is 2.05. The lowest BCUT2D eigenvalue weighted by Crippen LogP contribution is -2.39. The van der Waals surface area contributed by atoms with Gasteiger partial charge < -0.3 is 4.98 Å². The zero-order chi connectivity index (χ0) is 8.84. The van der Waals surface area contributed by atoms with E-state index in [4.69, 9.17) is 0 Å². The molecule has 0 saturated heterocycles. The van der Waals surface area contributed by atoms with Gasteiger partial charge in [0, 0.05) is 19.2 Å². The number of aromatic nitrogens is 1. The lowest BCUT2D eigenvalue weighted by molar-refractivity contribution is 0.638. The zero-order valence-corrected chi connectivity index (χ0v) is 8.24. The maximum atomic E-state index is 3.42. The van der Waals surface area contributed by atoms with Gasteiger partial charge in [-0.1, -0.05) is 0 Å². The van der Waals surface area contributed by atoms with Crippen LogP contribution < -0.4 is 10.4 Å². The first kappa shape index (κ1) is 7.41. The van der Waals surface area contributed by atoms with E-state index >= 15 is 0 Å². The van der Waals surface area contributed by atoms with Gasteiger partial charge in [0.25, 0.3) is 0 Å². The Morgan fingerprint density at radius 3 is 3.38 bits per heavy atom. The molecule has 3 rings (SSSR count). The second kappa shape index (κ2) is 2.49. The van der Waals surface area contributed by atoms with Crippen LogP contribution in [0.4, 0.5) is 5.82 Å². The minimum absolute atomic E-state index is 1.04. The number of hydrogen-bond acceptors (Lipinski definition) is 3. The van der Waals surface area contributed by atoms with Crippen molar-refractivity contribution in [2.24, 2.45) is 0 Å². The van der Waals surface area contributed by atoms with Gasteiger partial charge >= 0.3 is 0 Å². The van der Waals surface area contributed by atoms with Gasteiger partial charge in [0.05, 0.1) is 10.2 Å². The van der Waals surface area contributed by atoms with Gasteiger partial charge in [0.15, 0.2) is 0 Å². The summed E-state index contributed by atoms with van der Waals surface area (Å²) in [5.41, 5.74) is 6.03. The molecule has 0 radical (unpaired) electrons. The third kappa shape index (κ3) is 0.927. The Bertz CT molecular complexity index is 443. The van der Waals surface area contributed by atoms with Crippen LogP contribution in [0.2, 0.25) is 0 Å². The Kier molecular flexibility index (Phi) is 1.42. The molecule has 0 bridgehead atoms. The Morgan fingerprint density at radius 1 is 1.54 bits per heavy atom. The van der Waals surface area contributed by atoms with Crippen molar-refractivity contribution in [1.29, 1.82) is 0 Å². The van der Waals surface area contributed by atoms with Crippen molar-refractivity contribution in [1.82, 2.24) is 10.4 Å². The first-order valence-electron chi connectivity index (χ1n) is 4.41. The van der Waals surface area contributed by atoms with Crippen molar-refractivity contribution in [2.45, 2.75) is 6.42 Å². The highest BCUT2D eigenvalue weighted by Crippen LogP contribution is 2.33. The summed E-state index contributed by atoms with van der Waals surface area (Å²) < 4.78 is 1.42. The van der Waals surface area contributed by atoms with E-state index < -0.39 is 0 Å². The average Bonchev–Trinajstić information content (AvgIpc) is 2.65.